The summed E-state index contributed by atoms with van der Waals surface area (Å²) in [5.74, 6) is -0.0787. The van der Waals surface area contributed by atoms with Crippen molar-refractivity contribution in [2.75, 3.05) is 23.5 Å². The van der Waals surface area contributed by atoms with Crippen LogP contribution in [0.25, 0.3) is 0 Å². The van der Waals surface area contributed by atoms with Crippen LogP contribution in [0.3, 0.4) is 0 Å². The fourth-order valence-corrected chi connectivity index (χ4v) is 4.41. The van der Waals surface area contributed by atoms with Gasteiger partial charge in [0.25, 0.3) is 0 Å². The number of benzene rings is 2. The van der Waals surface area contributed by atoms with E-state index < -0.39 is 5.92 Å². The topological polar surface area (TPSA) is 49.9 Å². The molecule has 0 unspecified atom stereocenters. The molecule has 2 aromatic rings. The summed E-state index contributed by atoms with van der Waals surface area (Å²) in [5.41, 5.74) is 3.80. The average molecular weight is 390 g/mol. The number of hydrogen-bond donors (Lipinski definition) is 0. The Kier molecular flexibility index (Phi) is 4.69. The number of allylic oxidation sites excluding steroid dienone is 1. The van der Waals surface area contributed by atoms with Gasteiger partial charge < -0.3 is 9.64 Å². The van der Waals surface area contributed by atoms with E-state index >= 15 is 0 Å². The lowest BCUT2D eigenvalue weighted by Crippen LogP contribution is -2.31. The van der Waals surface area contributed by atoms with Crippen molar-refractivity contribution in [1.29, 1.82) is 0 Å². The van der Waals surface area contributed by atoms with Crippen molar-refractivity contribution in [1.82, 2.24) is 0 Å². The number of hydrogen-bond acceptors (Lipinski definition) is 4. The van der Waals surface area contributed by atoms with Crippen molar-refractivity contribution in [2.45, 2.75) is 32.6 Å². The monoisotopic (exact) mass is 390 g/mol. The number of carbonyl (C=O) groups is 2. The maximum Gasteiger partial charge on any atom is 0.241 e. The van der Waals surface area contributed by atoms with E-state index in [0.29, 0.717) is 12.3 Å². The minimum Gasteiger partial charge on any atom is -0.494 e. The van der Waals surface area contributed by atoms with Crippen LogP contribution in [-0.4, -0.2) is 25.5 Å². The fourth-order valence-electron chi connectivity index (χ4n) is 4.41. The number of rotatable bonds is 4. The highest BCUT2D eigenvalue weighted by molar-refractivity contribution is 6.21. The van der Waals surface area contributed by atoms with Crippen LogP contribution in [0.2, 0.25) is 0 Å². The van der Waals surface area contributed by atoms with Crippen molar-refractivity contribution < 1.29 is 14.3 Å². The van der Waals surface area contributed by atoms with Crippen molar-refractivity contribution >= 4 is 23.2 Å². The summed E-state index contributed by atoms with van der Waals surface area (Å²) in [4.78, 5) is 29.2. The van der Waals surface area contributed by atoms with E-state index in [4.69, 9.17) is 4.74 Å². The highest BCUT2D eigenvalue weighted by atomic mass is 16.5. The molecule has 5 heteroatoms. The third-order valence-electron chi connectivity index (χ3n) is 5.89. The Bertz CT molecular complexity index is 991. The largest absolute Gasteiger partial charge is 0.494 e. The molecule has 2 aliphatic heterocycles. The van der Waals surface area contributed by atoms with Gasteiger partial charge in [-0.25, -0.2) is 0 Å². The van der Waals surface area contributed by atoms with Gasteiger partial charge in [0.1, 0.15) is 5.75 Å². The van der Waals surface area contributed by atoms with Crippen LogP contribution in [0.1, 0.15) is 32.8 Å². The van der Waals surface area contributed by atoms with E-state index in [9.17, 15) is 9.59 Å². The molecule has 5 nitrogen and oxygen atoms in total. The number of ether oxygens (including phenoxy) is 1. The molecule has 0 aromatic heterocycles. The number of carbonyl (C=O) groups excluding carboxylic acids is 2. The zero-order valence-corrected chi connectivity index (χ0v) is 17.3. The van der Waals surface area contributed by atoms with Gasteiger partial charge in [-0.15, -0.1) is 0 Å². The summed E-state index contributed by atoms with van der Waals surface area (Å²) in [7, 11) is 2.02. The molecule has 0 bridgehead atoms. The van der Waals surface area contributed by atoms with Crippen molar-refractivity contribution in [3.63, 3.8) is 0 Å². The lowest BCUT2D eigenvalue weighted by molar-refractivity contribution is -0.121. The maximum atomic E-state index is 13.1. The lowest BCUT2D eigenvalue weighted by Gasteiger charge is -2.25. The Morgan fingerprint density at radius 2 is 1.79 bits per heavy atom. The highest BCUT2D eigenvalue weighted by Crippen LogP contribution is 2.47. The maximum absolute atomic E-state index is 13.1. The molecule has 1 saturated heterocycles. The Morgan fingerprint density at radius 1 is 1.10 bits per heavy atom. The number of likely N-dealkylation sites (N-methyl/N-ethyl adjacent to an activating group) is 1. The number of para-hydroxylation sites is 1. The van der Waals surface area contributed by atoms with E-state index in [2.05, 4.69) is 30.9 Å². The average Bonchev–Trinajstić information content (AvgIpc) is 3.09. The molecular formula is C24H26N2O3. The first-order valence-corrected chi connectivity index (χ1v) is 9.99. The Labute approximate surface area is 171 Å². The van der Waals surface area contributed by atoms with Crippen molar-refractivity contribution in [3.8, 4) is 5.75 Å². The molecule has 2 aromatic carbocycles. The molecule has 4 rings (SSSR count). The number of fused-ring (bicyclic) bond motifs is 1. The first-order chi connectivity index (χ1) is 13.8. The fraction of sp³-hybridized carbons (Fsp3) is 0.333. The van der Waals surface area contributed by atoms with Gasteiger partial charge in [-0.05, 0) is 42.8 Å². The van der Waals surface area contributed by atoms with E-state index in [1.807, 2.05) is 32.2 Å². The van der Waals surface area contributed by atoms with E-state index in [-0.39, 0.29) is 23.7 Å². The van der Waals surface area contributed by atoms with Gasteiger partial charge in [-0.1, -0.05) is 38.1 Å². The van der Waals surface area contributed by atoms with E-state index in [1.54, 1.807) is 24.3 Å². The van der Waals surface area contributed by atoms with Crippen LogP contribution in [0.15, 0.2) is 60.3 Å². The number of anilines is 2. The number of imide groups is 1. The van der Waals surface area contributed by atoms with Gasteiger partial charge in [0.05, 0.1) is 18.2 Å². The quantitative estimate of drug-likeness (QED) is 0.732. The lowest BCUT2D eigenvalue weighted by atomic mass is 9.82. The molecule has 2 aliphatic rings. The molecule has 29 heavy (non-hydrogen) atoms. The molecule has 150 valence electrons. The SMILES string of the molecule is CCOc1ccc(N2C(=O)C[C@@H](/C=C3\N(C)c4ccccc4C3(C)C)C2=O)cc1. The van der Waals surface area contributed by atoms with Gasteiger partial charge in [0.2, 0.25) is 11.8 Å². The molecule has 1 fully saturated rings. The highest BCUT2D eigenvalue weighted by Gasteiger charge is 2.43. The molecule has 2 heterocycles. The minimum absolute atomic E-state index is 0.169. The van der Waals surface area contributed by atoms with Crippen LogP contribution >= 0.6 is 0 Å². The summed E-state index contributed by atoms with van der Waals surface area (Å²) in [5, 5.41) is 0. The van der Waals surface area contributed by atoms with Gasteiger partial charge in [0.15, 0.2) is 0 Å². The number of amides is 2. The minimum atomic E-state index is -0.458. The summed E-state index contributed by atoms with van der Waals surface area (Å²) in [6.45, 7) is 6.81. The van der Waals surface area contributed by atoms with Crippen molar-refractivity contribution in [2.24, 2.45) is 5.92 Å². The van der Waals surface area contributed by atoms with Crippen molar-refractivity contribution in [3.05, 3.63) is 65.9 Å². The normalized spacial score (nSPS) is 21.8. The van der Waals surface area contributed by atoms with Crippen LogP contribution in [-0.2, 0) is 15.0 Å². The van der Waals surface area contributed by atoms with Crippen LogP contribution in [0.4, 0.5) is 11.4 Å². The molecule has 2 amide bonds. The number of nitrogens with zero attached hydrogens (tertiary/aromatic N) is 2. The molecule has 0 saturated carbocycles. The smallest absolute Gasteiger partial charge is 0.241 e. The van der Waals surface area contributed by atoms with Crippen LogP contribution in [0, 0.1) is 5.92 Å². The van der Waals surface area contributed by atoms with Crippen LogP contribution in [0.5, 0.6) is 5.75 Å². The first-order valence-electron chi connectivity index (χ1n) is 9.99. The van der Waals surface area contributed by atoms with Gasteiger partial charge >= 0.3 is 0 Å². The standard InChI is InChI=1S/C24H26N2O3/c1-5-29-18-12-10-17(11-13-18)26-22(27)15-16(23(26)28)14-21-24(2,3)19-8-6-7-9-20(19)25(21)4/h6-14,16H,5,15H2,1-4H3/b21-14-/t16-/m1/s1. The molecule has 0 radical (unpaired) electrons. The molecular weight excluding hydrogens is 364 g/mol. The predicted molar refractivity (Wildman–Crippen MR) is 114 cm³/mol. The summed E-state index contributed by atoms with van der Waals surface area (Å²) in [6.07, 6.45) is 2.17. The Morgan fingerprint density at radius 3 is 2.45 bits per heavy atom. The second-order valence-electron chi connectivity index (χ2n) is 8.06. The zero-order chi connectivity index (χ0) is 20.8. The second-order valence-corrected chi connectivity index (χ2v) is 8.06. The van der Waals surface area contributed by atoms with Gasteiger partial charge in [-0.3, -0.25) is 14.5 Å². The van der Waals surface area contributed by atoms with E-state index in [0.717, 1.165) is 17.1 Å². The second kappa shape index (κ2) is 7.07. The molecule has 0 aliphatic carbocycles. The Hall–Kier alpha value is -3.08. The zero-order valence-electron chi connectivity index (χ0n) is 17.3. The molecule has 0 N–H and O–H groups in total. The van der Waals surface area contributed by atoms with Gasteiger partial charge in [-0.2, -0.15) is 0 Å². The summed E-state index contributed by atoms with van der Waals surface area (Å²) < 4.78 is 5.45. The summed E-state index contributed by atoms with van der Waals surface area (Å²) in [6, 6.07) is 15.4. The molecule has 0 spiro atoms. The predicted octanol–water partition coefficient (Wildman–Crippen LogP) is 4.28. The third kappa shape index (κ3) is 3.11. The Balaban J connectivity index is 1.63. The first kappa shape index (κ1) is 19.2. The summed E-state index contributed by atoms with van der Waals surface area (Å²) >= 11 is 0. The molecule has 1 atom stereocenters. The van der Waals surface area contributed by atoms with Gasteiger partial charge in [0, 0.05) is 30.3 Å². The van der Waals surface area contributed by atoms with Crippen LogP contribution < -0.4 is 14.5 Å². The third-order valence-corrected chi connectivity index (χ3v) is 5.89. The van der Waals surface area contributed by atoms with E-state index in [1.165, 1.54) is 10.5 Å².